The van der Waals surface area contributed by atoms with Crippen molar-refractivity contribution in [1.29, 1.82) is 0 Å². The van der Waals surface area contributed by atoms with Gasteiger partial charge in [-0.05, 0) is 97.2 Å². The van der Waals surface area contributed by atoms with Gasteiger partial charge in [-0.2, -0.15) is 0 Å². The Morgan fingerprint density at radius 2 is 0.920 bits per heavy atom. The van der Waals surface area contributed by atoms with E-state index in [2.05, 4.69) is 207 Å². The first-order valence-corrected chi connectivity index (χ1v) is 17.4. The largest absolute Gasteiger partial charge is 0.310 e. The van der Waals surface area contributed by atoms with Gasteiger partial charge < -0.3 is 4.90 Å². The van der Waals surface area contributed by atoms with Crippen molar-refractivity contribution in [2.45, 2.75) is 19.3 Å². The molecule has 50 heavy (non-hydrogen) atoms. The van der Waals surface area contributed by atoms with Gasteiger partial charge in [-0.15, -0.1) is 0 Å². The first kappa shape index (κ1) is 29.9. The number of fused-ring (bicyclic) bond motifs is 4. The van der Waals surface area contributed by atoms with Crippen molar-refractivity contribution in [3.05, 3.63) is 199 Å². The van der Waals surface area contributed by atoms with Gasteiger partial charge in [0.2, 0.25) is 0 Å². The van der Waals surface area contributed by atoms with Crippen LogP contribution in [0.4, 0.5) is 17.1 Å². The number of benzene rings is 8. The standard InChI is InChI=1S/C49H37N/c1-49(2)46-23-13-11-22-43(46)45-33-41(32-44(48(45)49)37-18-7-4-8-19-37)50(47-24-14-12-21-42(47)36-16-5-3-6-17-36)40-29-27-35(28-30-40)39-26-25-34-15-9-10-20-38(34)31-39/h3-33H,1-2H3. The van der Waals surface area contributed by atoms with Gasteiger partial charge in [-0.1, -0.05) is 166 Å². The Bertz CT molecular complexity index is 2490. The van der Waals surface area contributed by atoms with Crippen LogP contribution in [0.15, 0.2) is 188 Å². The summed E-state index contributed by atoms with van der Waals surface area (Å²) in [5, 5.41) is 2.51. The van der Waals surface area contributed by atoms with Crippen LogP contribution in [0.2, 0.25) is 0 Å². The summed E-state index contributed by atoms with van der Waals surface area (Å²) in [5.41, 5.74) is 15.9. The third-order valence-corrected chi connectivity index (χ3v) is 10.4. The molecular weight excluding hydrogens is 603 g/mol. The van der Waals surface area contributed by atoms with Gasteiger partial charge >= 0.3 is 0 Å². The molecule has 1 nitrogen and oxygen atoms in total. The van der Waals surface area contributed by atoms with Gasteiger partial charge in [0.15, 0.2) is 0 Å². The van der Waals surface area contributed by atoms with E-state index in [9.17, 15) is 0 Å². The molecule has 0 fully saturated rings. The molecule has 0 aromatic heterocycles. The number of para-hydroxylation sites is 1. The summed E-state index contributed by atoms with van der Waals surface area (Å²) in [7, 11) is 0. The highest BCUT2D eigenvalue weighted by Gasteiger charge is 2.38. The zero-order valence-electron chi connectivity index (χ0n) is 28.3. The van der Waals surface area contributed by atoms with Crippen molar-refractivity contribution in [3.63, 3.8) is 0 Å². The summed E-state index contributed by atoms with van der Waals surface area (Å²) in [6, 6.07) is 68.6. The highest BCUT2D eigenvalue weighted by Crippen LogP contribution is 2.55. The third kappa shape index (κ3) is 5.02. The van der Waals surface area contributed by atoms with Crippen molar-refractivity contribution < 1.29 is 0 Å². The van der Waals surface area contributed by atoms with Crippen LogP contribution in [0.25, 0.3) is 55.3 Å². The lowest BCUT2D eigenvalue weighted by molar-refractivity contribution is 0.662. The zero-order valence-corrected chi connectivity index (χ0v) is 28.3. The predicted octanol–water partition coefficient (Wildman–Crippen LogP) is 13.6. The molecule has 238 valence electrons. The van der Waals surface area contributed by atoms with Crippen LogP contribution in [-0.4, -0.2) is 0 Å². The summed E-state index contributed by atoms with van der Waals surface area (Å²) in [4.78, 5) is 2.45. The van der Waals surface area contributed by atoms with Gasteiger partial charge in [0, 0.05) is 22.4 Å². The fourth-order valence-electron chi connectivity index (χ4n) is 8.01. The molecule has 8 aromatic carbocycles. The van der Waals surface area contributed by atoms with Crippen LogP contribution >= 0.6 is 0 Å². The van der Waals surface area contributed by atoms with Crippen LogP contribution in [0.3, 0.4) is 0 Å². The van der Waals surface area contributed by atoms with Gasteiger partial charge in [-0.3, -0.25) is 0 Å². The Morgan fingerprint density at radius 1 is 0.360 bits per heavy atom. The van der Waals surface area contributed by atoms with Crippen LogP contribution in [0.1, 0.15) is 25.0 Å². The maximum Gasteiger partial charge on any atom is 0.0540 e. The quantitative estimate of drug-likeness (QED) is 0.175. The molecule has 0 saturated heterocycles. The van der Waals surface area contributed by atoms with Crippen molar-refractivity contribution in [3.8, 4) is 44.5 Å². The van der Waals surface area contributed by atoms with E-state index in [-0.39, 0.29) is 5.41 Å². The number of rotatable bonds is 6. The Labute approximate surface area is 294 Å². The van der Waals surface area contributed by atoms with E-state index in [4.69, 9.17) is 0 Å². The van der Waals surface area contributed by atoms with Crippen molar-refractivity contribution in [2.75, 3.05) is 4.90 Å². The maximum atomic E-state index is 2.45. The second-order valence-corrected chi connectivity index (χ2v) is 13.8. The van der Waals surface area contributed by atoms with Gasteiger partial charge in [0.05, 0.1) is 5.69 Å². The predicted molar refractivity (Wildman–Crippen MR) is 213 cm³/mol. The molecular formula is C49H37N. The smallest absolute Gasteiger partial charge is 0.0540 e. The SMILES string of the molecule is CC1(C)c2ccccc2-c2cc(N(c3ccc(-c4ccc5ccccc5c4)cc3)c3ccccc3-c3ccccc3)cc(-c3ccccc3)c21. The zero-order chi connectivity index (χ0) is 33.7. The molecule has 0 radical (unpaired) electrons. The fourth-order valence-corrected chi connectivity index (χ4v) is 8.01. The highest BCUT2D eigenvalue weighted by molar-refractivity contribution is 5.96. The van der Waals surface area contributed by atoms with Gasteiger partial charge in [-0.25, -0.2) is 0 Å². The lowest BCUT2D eigenvalue weighted by Gasteiger charge is -2.31. The van der Waals surface area contributed by atoms with Gasteiger partial charge in [0.1, 0.15) is 0 Å². The van der Waals surface area contributed by atoms with Crippen LogP contribution in [-0.2, 0) is 5.41 Å². The molecule has 8 aromatic rings. The van der Waals surface area contributed by atoms with E-state index in [1.54, 1.807) is 0 Å². The van der Waals surface area contributed by atoms with Crippen LogP contribution < -0.4 is 4.90 Å². The molecule has 0 bridgehead atoms. The Kier molecular flexibility index (Phi) is 7.21. The highest BCUT2D eigenvalue weighted by atomic mass is 15.1. The molecule has 0 amide bonds. The monoisotopic (exact) mass is 639 g/mol. The molecule has 0 N–H and O–H groups in total. The average molecular weight is 640 g/mol. The van der Waals surface area contributed by atoms with Gasteiger partial charge in [0.25, 0.3) is 0 Å². The van der Waals surface area contributed by atoms with E-state index in [0.29, 0.717) is 0 Å². The number of hydrogen-bond acceptors (Lipinski definition) is 1. The molecule has 0 spiro atoms. The average Bonchev–Trinajstić information content (AvgIpc) is 3.41. The fraction of sp³-hybridized carbons (Fsp3) is 0.0612. The Hall–Kier alpha value is -6.18. The van der Waals surface area contributed by atoms with Crippen LogP contribution in [0.5, 0.6) is 0 Å². The van der Waals surface area contributed by atoms with Crippen LogP contribution in [0, 0.1) is 0 Å². The van der Waals surface area contributed by atoms with E-state index >= 15 is 0 Å². The number of nitrogens with zero attached hydrogens (tertiary/aromatic N) is 1. The summed E-state index contributed by atoms with van der Waals surface area (Å²) in [5.74, 6) is 0. The lowest BCUT2D eigenvalue weighted by atomic mass is 9.78. The first-order chi connectivity index (χ1) is 24.6. The molecule has 0 aliphatic heterocycles. The first-order valence-electron chi connectivity index (χ1n) is 17.4. The Balaban J connectivity index is 1.28. The lowest BCUT2D eigenvalue weighted by Crippen LogP contribution is -2.17. The molecule has 0 atom stereocenters. The van der Waals surface area contributed by atoms with Crippen molar-refractivity contribution in [1.82, 2.24) is 0 Å². The van der Waals surface area contributed by atoms with E-state index < -0.39 is 0 Å². The Morgan fingerprint density at radius 3 is 1.66 bits per heavy atom. The van der Waals surface area contributed by atoms with E-state index in [1.807, 2.05) is 0 Å². The second-order valence-electron chi connectivity index (χ2n) is 13.8. The number of hydrogen-bond donors (Lipinski definition) is 0. The van der Waals surface area contributed by atoms with E-state index in [1.165, 1.54) is 66.4 Å². The van der Waals surface area contributed by atoms with Crippen molar-refractivity contribution in [2.24, 2.45) is 0 Å². The molecule has 1 aliphatic rings. The molecule has 0 unspecified atom stereocenters. The normalized spacial score (nSPS) is 12.8. The van der Waals surface area contributed by atoms with Crippen molar-refractivity contribution >= 4 is 27.8 Å². The molecule has 1 aliphatic carbocycles. The minimum atomic E-state index is -0.135. The summed E-state index contributed by atoms with van der Waals surface area (Å²) in [6.45, 7) is 4.75. The molecule has 0 heterocycles. The molecule has 1 heteroatoms. The second kappa shape index (κ2) is 12.1. The molecule has 9 rings (SSSR count). The minimum absolute atomic E-state index is 0.135. The summed E-state index contributed by atoms with van der Waals surface area (Å²) in [6.07, 6.45) is 0. The van der Waals surface area contributed by atoms with E-state index in [0.717, 1.165) is 17.1 Å². The number of anilines is 3. The summed E-state index contributed by atoms with van der Waals surface area (Å²) < 4.78 is 0. The topological polar surface area (TPSA) is 3.24 Å². The minimum Gasteiger partial charge on any atom is -0.310 e. The maximum absolute atomic E-state index is 2.45. The molecule has 0 saturated carbocycles. The third-order valence-electron chi connectivity index (χ3n) is 10.4. The summed E-state index contributed by atoms with van der Waals surface area (Å²) >= 11 is 0.